The fourth-order valence-electron chi connectivity index (χ4n) is 2.42. The summed E-state index contributed by atoms with van der Waals surface area (Å²) in [5, 5.41) is 3.63. The van der Waals surface area contributed by atoms with Crippen LogP contribution in [0.1, 0.15) is 26.7 Å². The summed E-state index contributed by atoms with van der Waals surface area (Å²) in [4.78, 5) is 2.62. The zero-order valence-electron chi connectivity index (χ0n) is 8.21. The van der Waals surface area contributed by atoms with Crippen LogP contribution in [0.25, 0.3) is 0 Å². The minimum Gasteiger partial charge on any atom is -0.301 e. The molecular weight excluding hydrogens is 148 g/mol. The Morgan fingerprint density at radius 1 is 1.25 bits per heavy atom. The molecule has 0 spiro atoms. The molecule has 3 atom stereocenters. The number of piperidine rings is 1. The Hall–Kier alpha value is -0.0800. The maximum Gasteiger partial charge on any atom is 0.0599 e. The normalized spacial score (nSPS) is 44.0. The van der Waals surface area contributed by atoms with E-state index in [1.807, 2.05) is 0 Å². The van der Waals surface area contributed by atoms with Crippen LogP contribution in [-0.4, -0.2) is 30.7 Å². The Bertz CT molecular complexity index is 140. The van der Waals surface area contributed by atoms with Crippen molar-refractivity contribution < 1.29 is 0 Å². The minimum absolute atomic E-state index is 0.699. The number of rotatable bonds is 0. The lowest BCUT2D eigenvalue weighted by molar-refractivity contribution is 0.0470. The van der Waals surface area contributed by atoms with Gasteiger partial charge in [-0.25, -0.2) is 0 Å². The van der Waals surface area contributed by atoms with Crippen molar-refractivity contribution in [3.8, 4) is 0 Å². The first-order chi connectivity index (χ1) is 5.75. The van der Waals surface area contributed by atoms with Crippen LogP contribution in [0.4, 0.5) is 0 Å². The van der Waals surface area contributed by atoms with Crippen molar-refractivity contribution in [2.45, 2.75) is 32.9 Å². The monoisotopic (exact) mass is 168 g/mol. The summed E-state index contributed by atoms with van der Waals surface area (Å²) in [7, 11) is 0. The van der Waals surface area contributed by atoms with E-state index in [2.05, 4.69) is 24.1 Å². The fraction of sp³-hybridized carbons (Fsp3) is 1.00. The molecule has 2 aliphatic rings. The van der Waals surface area contributed by atoms with Crippen LogP contribution >= 0.6 is 0 Å². The molecule has 2 rings (SSSR count). The molecule has 2 aliphatic heterocycles. The predicted octanol–water partition coefficient (Wildman–Crippen LogP) is 1.28. The molecule has 0 aromatic carbocycles. The third-order valence-electron chi connectivity index (χ3n) is 3.22. The lowest BCUT2D eigenvalue weighted by atomic mass is 9.93. The van der Waals surface area contributed by atoms with E-state index in [1.165, 1.54) is 32.5 Å². The van der Waals surface area contributed by atoms with Crippen LogP contribution < -0.4 is 5.32 Å². The van der Waals surface area contributed by atoms with Crippen molar-refractivity contribution in [1.82, 2.24) is 10.2 Å². The molecule has 0 bridgehead atoms. The summed E-state index contributed by atoms with van der Waals surface area (Å²) in [6.45, 7) is 8.54. The molecule has 70 valence electrons. The summed E-state index contributed by atoms with van der Waals surface area (Å²) in [6, 6.07) is 0. The number of nitrogens with zero attached hydrogens (tertiary/aromatic N) is 1. The van der Waals surface area contributed by atoms with Crippen molar-refractivity contribution in [3.05, 3.63) is 0 Å². The molecule has 2 heteroatoms. The van der Waals surface area contributed by atoms with E-state index in [1.54, 1.807) is 0 Å². The van der Waals surface area contributed by atoms with Gasteiger partial charge in [-0.3, -0.25) is 4.90 Å². The van der Waals surface area contributed by atoms with Gasteiger partial charge < -0.3 is 5.32 Å². The number of hydrogen-bond acceptors (Lipinski definition) is 2. The average Bonchev–Trinajstić information content (AvgIpc) is 2.05. The van der Waals surface area contributed by atoms with Crippen LogP contribution in [0.5, 0.6) is 0 Å². The lowest BCUT2D eigenvalue weighted by Crippen LogP contribution is -2.57. The summed E-state index contributed by atoms with van der Waals surface area (Å²) in [6.07, 6.45) is 3.45. The summed E-state index contributed by atoms with van der Waals surface area (Å²) < 4.78 is 0. The van der Waals surface area contributed by atoms with E-state index in [0.29, 0.717) is 6.17 Å². The van der Waals surface area contributed by atoms with Gasteiger partial charge in [0.1, 0.15) is 0 Å². The van der Waals surface area contributed by atoms with Gasteiger partial charge >= 0.3 is 0 Å². The number of nitrogens with one attached hydrogen (secondary N) is 1. The largest absolute Gasteiger partial charge is 0.301 e. The van der Waals surface area contributed by atoms with Gasteiger partial charge in [-0.15, -0.1) is 0 Å². The van der Waals surface area contributed by atoms with Crippen LogP contribution in [0.3, 0.4) is 0 Å². The molecule has 12 heavy (non-hydrogen) atoms. The Morgan fingerprint density at radius 3 is 2.92 bits per heavy atom. The average molecular weight is 168 g/mol. The quantitative estimate of drug-likeness (QED) is 0.586. The fourth-order valence-corrected chi connectivity index (χ4v) is 2.42. The highest BCUT2D eigenvalue weighted by Gasteiger charge is 2.30. The Morgan fingerprint density at radius 2 is 2.08 bits per heavy atom. The van der Waals surface area contributed by atoms with Gasteiger partial charge in [0.15, 0.2) is 0 Å². The van der Waals surface area contributed by atoms with E-state index in [4.69, 9.17) is 0 Å². The first kappa shape index (κ1) is 8.52. The van der Waals surface area contributed by atoms with E-state index in [9.17, 15) is 0 Å². The molecule has 0 aliphatic carbocycles. The summed E-state index contributed by atoms with van der Waals surface area (Å²) in [5.41, 5.74) is 0. The molecule has 0 saturated carbocycles. The summed E-state index contributed by atoms with van der Waals surface area (Å²) in [5.74, 6) is 1.77. The predicted molar refractivity (Wildman–Crippen MR) is 50.9 cm³/mol. The van der Waals surface area contributed by atoms with Crippen LogP contribution in [-0.2, 0) is 0 Å². The highest BCUT2D eigenvalue weighted by atomic mass is 15.3. The molecule has 0 amide bonds. The molecule has 2 heterocycles. The van der Waals surface area contributed by atoms with Crippen LogP contribution in [0.15, 0.2) is 0 Å². The molecule has 0 aromatic heterocycles. The Labute approximate surface area is 75.3 Å². The van der Waals surface area contributed by atoms with Gasteiger partial charge in [0, 0.05) is 13.1 Å². The van der Waals surface area contributed by atoms with Crippen molar-refractivity contribution >= 4 is 0 Å². The second-order valence-corrected chi connectivity index (χ2v) is 4.65. The van der Waals surface area contributed by atoms with Gasteiger partial charge in [0.2, 0.25) is 0 Å². The zero-order valence-corrected chi connectivity index (χ0v) is 8.21. The Kier molecular flexibility index (Phi) is 2.37. The molecule has 3 unspecified atom stereocenters. The van der Waals surface area contributed by atoms with Crippen molar-refractivity contribution in [2.75, 3.05) is 19.6 Å². The van der Waals surface area contributed by atoms with Crippen LogP contribution in [0, 0.1) is 11.8 Å². The maximum atomic E-state index is 3.63. The molecule has 0 aromatic rings. The molecule has 2 fully saturated rings. The molecular formula is C10H20N2. The third kappa shape index (κ3) is 1.64. The SMILES string of the molecule is CC1CCN2CC(C)CNC2C1. The van der Waals surface area contributed by atoms with Gasteiger partial charge in [0.05, 0.1) is 6.17 Å². The number of hydrogen-bond donors (Lipinski definition) is 1. The molecule has 1 N–H and O–H groups in total. The third-order valence-corrected chi connectivity index (χ3v) is 3.22. The van der Waals surface area contributed by atoms with Crippen LogP contribution in [0.2, 0.25) is 0 Å². The van der Waals surface area contributed by atoms with Gasteiger partial charge in [-0.2, -0.15) is 0 Å². The van der Waals surface area contributed by atoms with E-state index in [-0.39, 0.29) is 0 Å². The second kappa shape index (κ2) is 3.35. The topological polar surface area (TPSA) is 15.3 Å². The van der Waals surface area contributed by atoms with E-state index in [0.717, 1.165) is 11.8 Å². The first-order valence-electron chi connectivity index (χ1n) is 5.23. The smallest absolute Gasteiger partial charge is 0.0599 e. The van der Waals surface area contributed by atoms with E-state index >= 15 is 0 Å². The molecule has 2 saturated heterocycles. The number of fused-ring (bicyclic) bond motifs is 1. The molecule has 2 nitrogen and oxygen atoms in total. The van der Waals surface area contributed by atoms with Gasteiger partial charge in [-0.1, -0.05) is 13.8 Å². The van der Waals surface area contributed by atoms with Crippen molar-refractivity contribution in [3.63, 3.8) is 0 Å². The summed E-state index contributed by atoms with van der Waals surface area (Å²) >= 11 is 0. The minimum atomic E-state index is 0.699. The van der Waals surface area contributed by atoms with Gasteiger partial charge in [0.25, 0.3) is 0 Å². The second-order valence-electron chi connectivity index (χ2n) is 4.65. The van der Waals surface area contributed by atoms with Gasteiger partial charge in [-0.05, 0) is 31.2 Å². The molecule has 0 radical (unpaired) electrons. The maximum absolute atomic E-state index is 3.63. The standard InChI is InChI=1S/C10H20N2/c1-8-3-4-12-7-9(2)6-11-10(12)5-8/h8-11H,3-7H2,1-2H3. The highest BCUT2D eigenvalue weighted by molar-refractivity contribution is 4.84. The zero-order chi connectivity index (χ0) is 8.55. The van der Waals surface area contributed by atoms with E-state index < -0.39 is 0 Å². The van der Waals surface area contributed by atoms with Crippen molar-refractivity contribution in [1.29, 1.82) is 0 Å². The Balaban J connectivity index is 1.94. The highest BCUT2D eigenvalue weighted by Crippen LogP contribution is 2.23. The first-order valence-corrected chi connectivity index (χ1v) is 5.23. The van der Waals surface area contributed by atoms with Crippen molar-refractivity contribution in [2.24, 2.45) is 11.8 Å². The lowest BCUT2D eigenvalue weighted by Gasteiger charge is -2.44.